The van der Waals surface area contributed by atoms with Crippen LogP contribution in [0.5, 0.6) is 0 Å². The first kappa shape index (κ1) is 16.8. The number of benzene rings is 1. The van der Waals surface area contributed by atoms with E-state index < -0.39 is 0 Å². The molecule has 0 saturated carbocycles. The van der Waals surface area contributed by atoms with Gasteiger partial charge in [0.25, 0.3) is 0 Å². The monoisotopic (exact) mass is 357 g/mol. The van der Waals surface area contributed by atoms with Gasteiger partial charge in [0.15, 0.2) is 5.13 Å². The van der Waals surface area contributed by atoms with Crippen LogP contribution in [-0.2, 0) is 6.54 Å². The van der Waals surface area contributed by atoms with Gasteiger partial charge in [-0.25, -0.2) is 4.98 Å². The van der Waals surface area contributed by atoms with Crippen molar-refractivity contribution in [2.75, 3.05) is 69.2 Å². The normalized spacial score (nSPS) is 20.2. The zero-order valence-electron chi connectivity index (χ0n) is 15.0. The highest BCUT2D eigenvalue weighted by atomic mass is 32.1. The molecule has 134 valence electrons. The van der Waals surface area contributed by atoms with Crippen molar-refractivity contribution in [3.8, 4) is 0 Å². The number of rotatable bonds is 4. The second-order valence-corrected chi connectivity index (χ2v) is 8.09. The molecule has 1 aromatic carbocycles. The minimum Gasteiger partial charge on any atom is -0.369 e. The Morgan fingerprint density at radius 2 is 1.56 bits per heavy atom. The first-order valence-electron chi connectivity index (χ1n) is 9.18. The maximum atomic E-state index is 4.68. The van der Waals surface area contributed by atoms with Crippen molar-refractivity contribution in [3.63, 3.8) is 0 Å². The summed E-state index contributed by atoms with van der Waals surface area (Å²) in [4.78, 5) is 15.9. The van der Waals surface area contributed by atoms with E-state index in [2.05, 4.69) is 68.2 Å². The smallest absolute Gasteiger partial charge is 0.185 e. The number of hydrogen-bond donors (Lipinski definition) is 0. The molecule has 0 spiro atoms. The number of piperazine rings is 2. The minimum atomic E-state index is 1.04. The van der Waals surface area contributed by atoms with Crippen LogP contribution < -0.4 is 9.80 Å². The van der Waals surface area contributed by atoms with Crippen molar-refractivity contribution in [1.29, 1.82) is 0 Å². The van der Waals surface area contributed by atoms with Crippen LogP contribution >= 0.6 is 11.3 Å². The molecule has 0 atom stereocenters. The van der Waals surface area contributed by atoms with Crippen LogP contribution in [0.1, 0.15) is 4.88 Å². The summed E-state index contributed by atoms with van der Waals surface area (Å²) in [5.74, 6) is 0. The van der Waals surface area contributed by atoms with Gasteiger partial charge in [-0.05, 0) is 19.2 Å². The molecule has 0 unspecified atom stereocenters. The van der Waals surface area contributed by atoms with Crippen molar-refractivity contribution < 1.29 is 0 Å². The highest BCUT2D eigenvalue weighted by Gasteiger charge is 2.20. The standard InChI is InChI=1S/C19H27N5S/c1-21-7-11-24(12-8-21)19-20-15-18(25-19)16-22-9-13-23(14-10-22)17-5-3-2-4-6-17/h2-6,15H,7-14,16H2,1H3. The van der Waals surface area contributed by atoms with Gasteiger partial charge >= 0.3 is 0 Å². The number of para-hydroxylation sites is 1. The molecule has 2 aliphatic rings. The lowest BCUT2D eigenvalue weighted by molar-refractivity contribution is 0.252. The van der Waals surface area contributed by atoms with Crippen molar-refractivity contribution in [2.24, 2.45) is 0 Å². The van der Waals surface area contributed by atoms with E-state index in [9.17, 15) is 0 Å². The van der Waals surface area contributed by atoms with E-state index in [1.54, 1.807) is 0 Å². The summed E-state index contributed by atoms with van der Waals surface area (Å²) in [5, 5.41) is 1.20. The lowest BCUT2D eigenvalue weighted by Crippen LogP contribution is -2.45. The number of nitrogens with zero attached hydrogens (tertiary/aromatic N) is 5. The largest absolute Gasteiger partial charge is 0.369 e. The summed E-state index contributed by atoms with van der Waals surface area (Å²) < 4.78 is 0. The van der Waals surface area contributed by atoms with Gasteiger partial charge in [-0.15, -0.1) is 11.3 Å². The average molecular weight is 358 g/mol. The molecule has 25 heavy (non-hydrogen) atoms. The summed E-state index contributed by atoms with van der Waals surface area (Å²) in [5.41, 5.74) is 1.34. The highest BCUT2D eigenvalue weighted by molar-refractivity contribution is 7.15. The highest BCUT2D eigenvalue weighted by Crippen LogP contribution is 2.25. The Labute approximate surface area is 154 Å². The predicted molar refractivity (Wildman–Crippen MR) is 106 cm³/mol. The molecule has 6 heteroatoms. The lowest BCUT2D eigenvalue weighted by atomic mass is 10.2. The van der Waals surface area contributed by atoms with Gasteiger partial charge in [0.1, 0.15) is 0 Å². The fraction of sp³-hybridized carbons (Fsp3) is 0.526. The number of hydrogen-bond acceptors (Lipinski definition) is 6. The van der Waals surface area contributed by atoms with Crippen molar-refractivity contribution in [1.82, 2.24) is 14.8 Å². The molecule has 0 amide bonds. The van der Waals surface area contributed by atoms with Crippen LogP contribution in [0.2, 0.25) is 0 Å². The Morgan fingerprint density at radius 3 is 2.28 bits per heavy atom. The Kier molecular flexibility index (Phi) is 5.20. The first-order chi connectivity index (χ1) is 12.3. The molecule has 5 nitrogen and oxygen atoms in total. The summed E-state index contributed by atoms with van der Waals surface area (Å²) >= 11 is 1.87. The minimum absolute atomic E-state index is 1.04. The average Bonchev–Trinajstić information content (AvgIpc) is 3.12. The van der Waals surface area contributed by atoms with E-state index in [1.807, 2.05) is 11.3 Å². The van der Waals surface area contributed by atoms with E-state index >= 15 is 0 Å². The molecule has 2 fully saturated rings. The third-order valence-electron chi connectivity index (χ3n) is 5.19. The van der Waals surface area contributed by atoms with Gasteiger partial charge in [-0.2, -0.15) is 0 Å². The Hall–Kier alpha value is -1.63. The van der Waals surface area contributed by atoms with Crippen LogP contribution in [-0.4, -0.2) is 74.2 Å². The quantitative estimate of drug-likeness (QED) is 0.836. The fourth-order valence-corrected chi connectivity index (χ4v) is 4.54. The second-order valence-electron chi connectivity index (χ2n) is 7.00. The maximum absolute atomic E-state index is 4.68. The lowest BCUT2D eigenvalue weighted by Gasteiger charge is -2.35. The summed E-state index contributed by atoms with van der Waals surface area (Å²) in [6.45, 7) is 9.95. The summed E-state index contributed by atoms with van der Waals surface area (Å²) in [6, 6.07) is 10.8. The van der Waals surface area contributed by atoms with Crippen LogP contribution in [0, 0.1) is 0 Å². The van der Waals surface area contributed by atoms with E-state index in [-0.39, 0.29) is 0 Å². The first-order valence-corrected chi connectivity index (χ1v) is 10.00. The topological polar surface area (TPSA) is 25.9 Å². The Morgan fingerprint density at radius 1 is 0.880 bits per heavy atom. The predicted octanol–water partition coefficient (Wildman–Crippen LogP) is 2.22. The maximum Gasteiger partial charge on any atom is 0.185 e. The molecule has 2 saturated heterocycles. The Balaban J connectivity index is 1.29. The molecule has 2 aromatic rings. The third kappa shape index (κ3) is 4.14. The molecule has 0 N–H and O–H groups in total. The molecule has 4 rings (SSSR count). The molecular formula is C19H27N5S. The van der Waals surface area contributed by atoms with Crippen LogP contribution in [0.25, 0.3) is 0 Å². The second kappa shape index (κ2) is 7.72. The van der Waals surface area contributed by atoms with Gasteiger partial charge in [-0.3, -0.25) is 4.90 Å². The zero-order valence-corrected chi connectivity index (χ0v) is 15.8. The molecule has 0 radical (unpaired) electrons. The SMILES string of the molecule is CN1CCN(c2ncc(CN3CCN(c4ccccc4)CC3)s2)CC1. The van der Waals surface area contributed by atoms with E-state index in [0.29, 0.717) is 0 Å². The fourth-order valence-electron chi connectivity index (χ4n) is 3.54. The molecule has 3 heterocycles. The number of anilines is 2. The van der Waals surface area contributed by atoms with E-state index in [1.165, 1.54) is 15.7 Å². The van der Waals surface area contributed by atoms with Gasteiger partial charge in [0.2, 0.25) is 0 Å². The van der Waals surface area contributed by atoms with Crippen molar-refractivity contribution in [3.05, 3.63) is 41.4 Å². The number of likely N-dealkylation sites (N-methyl/N-ethyl adjacent to an activating group) is 1. The van der Waals surface area contributed by atoms with Gasteiger partial charge in [0.05, 0.1) is 0 Å². The number of aromatic nitrogens is 1. The molecule has 0 aliphatic carbocycles. The van der Waals surface area contributed by atoms with Gasteiger partial charge in [-0.1, -0.05) is 18.2 Å². The van der Waals surface area contributed by atoms with Crippen LogP contribution in [0.15, 0.2) is 36.5 Å². The van der Waals surface area contributed by atoms with Crippen LogP contribution in [0.4, 0.5) is 10.8 Å². The van der Waals surface area contributed by atoms with Crippen molar-refractivity contribution >= 4 is 22.2 Å². The molecular weight excluding hydrogens is 330 g/mol. The summed E-state index contributed by atoms with van der Waals surface area (Å²) in [6.07, 6.45) is 2.09. The molecule has 1 aromatic heterocycles. The zero-order chi connectivity index (χ0) is 17.1. The number of thiazole rings is 1. The van der Waals surface area contributed by atoms with Crippen LogP contribution in [0.3, 0.4) is 0 Å². The van der Waals surface area contributed by atoms with E-state index in [0.717, 1.165) is 58.9 Å². The van der Waals surface area contributed by atoms with Crippen molar-refractivity contribution in [2.45, 2.75) is 6.54 Å². The van der Waals surface area contributed by atoms with Gasteiger partial charge < -0.3 is 14.7 Å². The third-order valence-corrected chi connectivity index (χ3v) is 6.23. The molecule has 0 bridgehead atoms. The molecule has 2 aliphatic heterocycles. The summed E-state index contributed by atoms with van der Waals surface area (Å²) in [7, 11) is 2.19. The van der Waals surface area contributed by atoms with E-state index in [4.69, 9.17) is 0 Å². The van der Waals surface area contributed by atoms with Gasteiger partial charge in [0, 0.05) is 75.7 Å². The Bertz CT molecular complexity index is 657.